The van der Waals surface area contributed by atoms with Crippen molar-refractivity contribution in [3.63, 3.8) is 0 Å². The van der Waals surface area contributed by atoms with E-state index < -0.39 is 0 Å². The van der Waals surface area contributed by atoms with E-state index in [1.54, 1.807) is 0 Å². The van der Waals surface area contributed by atoms with Crippen molar-refractivity contribution in [1.29, 1.82) is 0 Å². The zero-order valence-electron chi connectivity index (χ0n) is 16.8. The Morgan fingerprint density at radius 3 is 2.11 bits per heavy atom. The highest BCUT2D eigenvalue weighted by Crippen LogP contribution is 2.25. The average Bonchev–Trinajstić information content (AvgIpc) is 2.75. The summed E-state index contributed by atoms with van der Waals surface area (Å²) in [5.74, 6) is -0.0989. The predicted molar refractivity (Wildman–Crippen MR) is 110 cm³/mol. The summed E-state index contributed by atoms with van der Waals surface area (Å²) in [6, 6.07) is 20.0. The van der Waals surface area contributed by atoms with Gasteiger partial charge in [0.15, 0.2) is 0 Å². The van der Waals surface area contributed by atoms with Crippen LogP contribution in [0.4, 0.5) is 0 Å². The van der Waals surface area contributed by atoms with E-state index in [9.17, 15) is 4.79 Å². The van der Waals surface area contributed by atoms with Crippen LogP contribution >= 0.6 is 0 Å². The van der Waals surface area contributed by atoms with Crippen molar-refractivity contribution >= 4 is 5.91 Å². The van der Waals surface area contributed by atoms with Crippen LogP contribution in [-0.2, 0) is 14.3 Å². The van der Waals surface area contributed by atoms with Gasteiger partial charge < -0.3 is 14.8 Å². The smallest absolute Gasteiger partial charge is 0.246 e. The third-order valence-corrected chi connectivity index (χ3v) is 5.17. The van der Waals surface area contributed by atoms with Crippen LogP contribution in [0.1, 0.15) is 31.1 Å². The van der Waals surface area contributed by atoms with Gasteiger partial charge in [-0.3, -0.25) is 9.69 Å². The lowest BCUT2D eigenvalue weighted by molar-refractivity contribution is -0.127. The fourth-order valence-electron chi connectivity index (χ4n) is 3.45. The number of rotatable bonds is 8. The monoisotopic (exact) mass is 382 g/mol. The maximum atomic E-state index is 12.5. The maximum Gasteiger partial charge on any atom is 0.246 e. The fourth-order valence-corrected chi connectivity index (χ4v) is 3.45. The second-order valence-corrected chi connectivity index (χ2v) is 7.70. The third-order valence-electron chi connectivity index (χ3n) is 5.17. The molecule has 1 aliphatic rings. The van der Waals surface area contributed by atoms with E-state index in [0.29, 0.717) is 6.54 Å². The molecular weight excluding hydrogens is 352 g/mol. The molecule has 0 aliphatic carbocycles. The fraction of sp³-hybridized carbons (Fsp3) is 0.435. The van der Waals surface area contributed by atoms with Crippen molar-refractivity contribution in [3.05, 3.63) is 71.8 Å². The van der Waals surface area contributed by atoms with Crippen LogP contribution in [0.5, 0.6) is 0 Å². The van der Waals surface area contributed by atoms with Crippen LogP contribution in [0.25, 0.3) is 0 Å². The number of amides is 1. The third kappa shape index (κ3) is 5.64. The first kappa shape index (κ1) is 20.5. The van der Waals surface area contributed by atoms with Crippen molar-refractivity contribution < 1.29 is 14.3 Å². The van der Waals surface area contributed by atoms with Gasteiger partial charge in [0.25, 0.3) is 0 Å². The lowest BCUT2D eigenvalue weighted by Gasteiger charge is -2.40. The Hall–Kier alpha value is -2.21. The van der Waals surface area contributed by atoms with Crippen LogP contribution in [0.15, 0.2) is 60.7 Å². The molecule has 1 saturated heterocycles. The Morgan fingerprint density at radius 1 is 1.04 bits per heavy atom. The van der Waals surface area contributed by atoms with Gasteiger partial charge in [0.2, 0.25) is 5.91 Å². The number of morpholine rings is 1. The lowest BCUT2D eigenvalue weighted by atomic mass is 10.0. The summed E-state index contributed by atoms with van der Waals surface area (Å²) in [6.45, 7) is 8.18. The molecule has 0 bridgehead atoms. The summed E-state index contributed by atoms with van der Waals surface area (Å²) < 4.78 is 11.5. The second-order valence-electron chi connectivity index (χ2n) is 7.70. The largest absolute Gasteiger partial charge is 0.379 e. The molecule has 0 radical (unpaired) electrons. The SMILES string of the molecule is CC(C)(CNC(=O)COC(c1ccccc1)c1ccccc1)N1CCOCC1. The number of nitrogens with one attached hydrogen (secondary N) is 1. The molecule has 2 aromatic rings. The van der Waals surface area contributed by atoms with Gasteiger partial charge in [-0.05, 0) is 25.0 Å². The number of ether oxygens (including phenoxy) is 2. The minimum Gasteiger partial charge on any atom is -0.379 e. The van der Waals surface area contributed by atoms with Crippen LogP contribution in [0.2, 0.25) is 0 Å². The van der Waals surface area contributed by atoms with E-state index in [1.807, 2.05) is 60.7 Å². The first-order valence-electron chi connectivity index (χ1n) is 9.87. The molecule has 0 atom stereocenters. The van der Waals surface area contributed by atoms with E-state index in [4.69, 9.17) is 9.47 Å². The van der Waals surface area contributed by atoms with Gasteiger partial charge in [0, 0.05) is 25.2 Å². The Balaban J connectivity index is 1.56. The molecule has 1 fully saturated rings. The molecule has 1 aliphatic heterocycles. The summed E-state index contributed by atoms with van der Waals surface area (Å²) in [7, 11) is 0. The molecule has 0 saturated carbocycles. The standard InChI is InChI=1S/C23H30N2O3/c1-23(2,25-13-15-27-16-14-25)18-24-21(26)17-28-22(19-9-5-3-6-10-19)20-11-7-4-8-12-20/h3-12,22H,13-18H2,1-2H3,(H,24,26). The summed E-state index contributed by atoms with van der Waals surface area (Å²) in [4.78, 5) is 14.8. The van der Waals surface area contributed by atoms with Gasteiger partial charge in [0.1, 0.15) is 12.7 Å². The second kappa shape index (κ2) is 9.82. The molecule has 1 amide bonds. The van der Waals surface area contributed by atoms with Crippen LogP contribution in [-0.4, -0.2) is 55.8 Å². The molecule has 1 heterocycles. The molecule has 0 unspecified atom stereocenters. The molecule has 3 rings (SSSR count). The molecule has 1 N–H and O–H groups in total. The van der Waals surface area contributed by atoms with Crippen molar-refractivity contribution in [3.8, 4) is 0 Å². The van der Waals surface area contributed by atoms with Gasteiger partial charge in [-0.25, -0.2) is 0 Å². The molecule has 0 spiro atoms. The van der Waals surface area contributed by atoms with Crippen molar-refractivity contribution in [1.82, 2.24) is 10.2 Å². The molecule has 28 heavy (non-hydrogen) atoms. The van der Waals surface area contributed by atoms with Crippen LogP contribution < -0.4 is 5.32 Å². The van der Waals surface area contributed by atoms with Gasteiger partial charge in [-0.15, -0.1) is 0 Å². The topological polar surface area (TPSA) is 50.8 Å². The van der Waals surface area contributed by atoms with Crippen molar-refractivity contribution in [2.24, 2.45) is 0 Å². The van der Waals surface area contributed by atoms with E-state index >= 15 is 0 Å². The van der Waals surface area contributed by atoms with Gasteiger partial charge in [-0.2, -0.15) is 0 Å². The van der Waals surface area contributed by atoms with Crippen molar-refractivity contribution in [2.75, 3.05) is 39.5 Å². The average molecular weight is 383 g/mol. The van der Waals surface area contributed by atoms with Gasteiger partial charge in [0.05, 0.1) is 13.2 Å². The van der Waals surface area contributed by atoms with Gasteiger partial charge in [-0.1, -0.05) is 60.7 Å². The Bertz CT molecular complexity index is 689. The zero-order chi connectivity index (χ0) is 19.8. The Kier molecular flexibility index (Phi) is 7.20. The molecule has 0 aromatic heterocycles. The highest BCUT2D eigenvalue weighted by Gasteiger charge is 2.28. The number of hydrogen-bond donors (Lipinski definition) is 1. The highest BCUT2D eigenvalue weighted by molar-refractivity contribution is 5.77. The Morgan fingerprint density at radius 2 is 1.57 bits per heavy atom. The summed E-state index contributed by atoms with van der Waals surface area (Å²) in [6.07, 6.45) is -0.264. The summed E-state index contributed by atoms with van der Waals surface area (Å²) in [5, 5.41) is 3.03. The predicted octanol–water partition coefficient (Wildman–Crippen LogP) is 3.02. The molecule has 2 aromatic carbocycles. The van der Waals surface area contributed by atoms with E-state index in [-0.39, 0.29) is 24.2 Å². The van der Waals surface area contributed by atoms with Crippen LogP contribution in [0, 0.1) is 0 Å². The molecule has 150 valence electrons. The van der Waals surface area contributed by atoms with Crippen LogP contribution in [0.3, 0.4) is 0 Å². The first-order chi connectivity index (χ1) is 13.6. The summed E-state index contributed by atoms with van der Waals surface area (Å²) >= 11 is 0. The van der Waals surface area contributed by atoms with Gasteiger partial charge >= 0.3 is 0 Å². The zero-order valence-corrected chi connectivity index (χ0v) is 16.8. The molecular formula is C23H30N2O3. The summed E-state index contributed by atoms with van der Waals surface area (Å²) in [5.41, 5.74) is 1.96. The number of hydrogen-bond acceptors (Lipinski definition) is 4. The quantitative estimate of drug-likeness (QED) is 0.763. The molecule has 5 heteroatoms. The number of carbonyl (C=O) groups excluding carboxylic acids is 1. The number of carbonyl (C=O) groups is 1. The Labute approximate surface area is 167 Å². The number of benzene rings is 2. The minimum absolute atomic E-state index is 0.0215. The van der Waals surface area contributed by atoms with E-state index in [2.05, 4.69) is 24.1 Å². The first-order valence-corrected chi connectivity index (χ1v) is 9.87. The lowest BCUT2D eigenvalue weighted by Crippen LogP contribution is -2.55. The number of nitrogens with zero attached hydrogens (tertiary/aromatic N) is 1. The van der Waals surface area contributed by atoms with E-state index in [0.717, 1.165) is 37.4 Å². The molecule has 5 nitrogen and oxygen atoms in total. The minimum atomic E-state index is -0.264. The highest BCUT2D eigenvalue weighted by atomic mass is 16.5. The normalized spacial score (nSPS) is 15.5. The van der Waals surface area contributed by atoms with E-state index in [1.165, 1.54) is 0 Å². The maximum absolute atomic E-state index is 12.5. The van der Waals surface area contributed by atoms with Crippen molar-refractivity contribution in [2.45, 2.75) is 25.5 Å².